The first-order valence-electron chi connectivity index (χ1n) is 5.26. The molecule has 0 spiro atoms. The maximum absolute atomic E-state index is 12.2. The van der Waals surface area contributed by atoms with Gasteiger partial charge in [0.15, 0.2) is 0 Å². The minimum atomic E-state index is -3.80. The van der Waals surface area contributed by atoms with Crippen LogP contribution in [0.5, 0.6) is 0 Å². The van der Waals surface area contributed by atoms with Crippen molar-refractivity contribution in [1.82, 2.24) is 9.97 Å². The molecule has 1 aromatic heterocycles. The van der Waals surface area contributed by atoms with E-state index >= 15 is 0 Å². The molecule has 0 unspecified atom stereocenters. The Balaban J connectivity index is 2.40. The SMILES string of the molecule is Cc1ccc(N)cc1S(=O)(=O)Nc1nccc(Cl)n1. The lowest BCUT2D eigenvalue weighted by atomic mass is 10.2. The highest BCUT2D eigenvalue weighted by Gasteiger charge is 2.18. The predicted octanol–water partition coefficient (Wildman–Crippen LogP) is 1.82. The van der Waals surface area contributed by atoms with E-state index < -0.39 is 10.0 Å². The number of hydrogen-bond donors (Lipinski definition) is 2. The van der Waals surface area contributed by atoms with Crippen LogP contribution in [-0.2, 0) is 10.0 Å². The van der Waals surface area contributed by atoms with Crippen LogP contribution in [0.25, 0.3) is 0 Å². The summed E-state index contributed by atoms with van der Waals surface area (Å²) in [7, 11) is -3.80. The van der Waals surface area contributed by atoms with E-state index in [-0.39, 0.29) is 16.0 Å². The Bertz CT molecular complexity index is 718. The van der Waals surface area contributed by atoms with Gasteiger partial charge in [-0.1, -0.05) is 17.7 Å². The zero-order chi connectivity index (χ0) is 14.0. The Morgan fingerprint density at radius 3 is 2.74 bits per heavy atom. The van der Waals surface area contributed by atoms with Gasteiger partial charge in [-0.25, -0.2) is 23.1 Å². The molecule has 100 valence electrons. The molecular formula is C11H11ClN4O2S. The van der Waals surface area contributed by atoms with Crippen molar-refractivity contribution in [2.24, 2.45) is 0 Å². The normalized spacial score (nSPS) is 11.3. The van der Waals surface area contributed by atoms with Crippen molar-refractivity contribution in [3.8, 4) is 0 Å². The fraction of sp³-hybridized carbons (Fsp3) is 0.0909. The second-order valence-electron chi connectivity index (χ2n) is 3.83. The van der Waals surface area contributed by atoms with Crippen LogP contribution in [0.1, 0.15) is 5.56 Å². The molecule has 0 amide bonds. The van der Waals surface area contributed by atoms with Crippen molar-refractivity contribution in [2.75, 3.05) is 10.5 Å². The topological polar surface area (TPSA) is 98.0 Å². The molecule has 0 aliphatic carbocycles. The lowest BCUT2D eigenvalue weighted by Crippen LogP contribution is -2.16. The number of rotatable bonds is 3. The molecule has 2 rings (SSSR count). The van der Waals surface area contributed by atoms with Gasteiger partial charge in [0, 0.05) is 11.9 Å². The van der Waals surface area contributed by atoms with Gasteiger partial charge < -0.3 is 5.73 Å². The van der Waals surface area contributed by atoms with Gasteiger partial charge in [-0.05, 0) is 30.7 Å². The standard InChI is InChI=1S/C11H11ClN4O2S/c1-7-2-3-8(13)6-9(7)19(17,18)16-11-14-5-4-10(12)15-11/h2-6H,13H2,1H3,(H,14,15,16). The van der Waals surface area contributed by atoms with Crippen LogP contribution in [0.2, 0.25) is 5.15 Å². The number of benzene rings is 1. The van der Waals surface area contributed by atoms with Crippen LogP contribution < -0.4 is 10.5 Å². The van der Waals surface area contributed by atoms with Gasteiger partial charge in [0.2, 0.25) is 5.95 Å². The van der Waals surface area contributed by atoms with Crippen molar-refractivity contribution in [2.45, 2.75) is 11.8 Å². The summed E-state index contributed by atoms with van der Waals surface area (Å²) in [6.45, 7) is 1.67. The number of hydrogen-bond acceptors (Lipinski definition) is 5. The minimum Gasteiger partial charge on any atom is -0.399 e. The molecule has 6 nitrogen and oxygen atoms in total. The molecule has 0 saturated heterocycles. The van der Waals surface area contributed by atoms with Crippen molar-refractivity contribution in [1.29, 1.82) is 0 Å². The molecule has 0 bridgehead atoms. The van der Waals surface area contributed by atoms with E-state index in [0.29, 0.717) is 11.3 Å². The number of nitrogen functional groups attached to an aromatic ring is 1. The summed E-state index contributed by atoms with van der Waals surface area (Å²) in [6, 6.07) is 6.08. The average molecular weight is 299 g/mol. The largest absolute Gasteiger partial charge is 0.399 e. The average Bonchev–Trinajstić information content (AvgIpc) is 2.31. The van der Waals surface area contributed by atoms with Gasteiger partial charge in [0.05, 0.1) is 4.90 Å². The van der Waals surface area contributed by atoms with Crippen molar-refractivity contribution < 1.29 is 8.42 Å². The highest BCUT2D eigenvalue weighted by Crippen LogP contribution is 2.20. The third-order valence-corrected chi connectivity index (χ3v) is 4.03. The number of aromatic nitrogens is 2. The summed E-state index contributed by atoms with van der Waals surface area (Å²) in [5.41, 5.74) is 6.53. The number of nitrogens with one attached hydrogen (secondary N) is 1. The molecule has 19 heavy (non-hydrogen) atoms. The van der Waals surface area contributed by atoms with Crippen molar-refractivity contribution in [3.05, 3.63) is 41.2 Å². The summed E-state index contributed by atoms with van der Waals surface area (Å²) in [5, 5.41) is 0.150. The maximum Gasteiger partial charge on any atom is 0.264 e. The monoisotopic (exact) mass is 298 g/mol. The van der Waals surface area contributed by atoms with Gasteiger partial charge in [0.1, 0.15) is 5.15 Å². The van der Waals surface area contributed by atoms with E-state index in [1.165, 1.54) is 18.3 Å². The molecular weight excluding hydrogens is 288 g/mol. The third kappa shape index (κ3) is 3.12. The molecule has 0 radical (unpaired) electrons. The first-order valence-corrected chi connectivity index (χ1v) is 7.12. The summed E-state index contributed by atoms with van der Waals surface area (Å²) < 4.78 is 26.6. The molecule has 0 saturated carbocycles. The summed E-state index contributed by atoms with van der Waals surface area (Å²) in [4.78, 5) is 7.63. The highest BCUT2D eigenvalue weighted by atomic mass is 35.5. The first-order chi connectivity index (χ1) is 8.88. The Kier molecular flexibility index (Phi) is 3.59. The fourth-order valence-electron chi connectivity index (χ4n) is 1.47. The number of nitrogens with zero attached hydrogens (tertiary/aromatic N) is 2. The second-order valence-corrected chi connectivity index (χ2v) is 5.87. The second kappa shape index (κ2) is 5.02. The molecule has 2 aromatic rings. The molecule has 0 aliphatic rings. The van der Waals surface area contributed by atoms with Crippen LogP contribution in [0.4, 0.5) is 11.6 Å². The number of sulfonamides is 1. The van der Waals surface area contributed by atoms with Gasteiger partial charge in [-0.3, -0.25) is 0 Å². The summed E-state index contributed by atoms with van der Waals surface area (Å²) >= 11 is 5.67. The van der Waals surface area contributed by atoms with E-state index in [2.05, 4.69) is 14.7 Å². The van der Waals surface area contributed by atoms with E-state index in [0.717, 1.165) is 0 Å². The van der Waals surface area contributed by atoms with E-state index in [9.17, 15) is 8.42 Å². The molecule has 0 atom stereocenters. The van der Waals surface area contributed by atoms with Crippen LogP contribution in [-0.4, -0.2) is 18.4 Å². The number of nitrogens with two attached hydrogens (primary N) is 1. The zero-order valence-electron chi connectivity index (χ0n) is 9.96. The predicted molar refractivity (Wildman–Crippen MR) is 73.4 cm³/mol. The number of halogens is 1. The molecule has 8 heteroatoms. The van der Waals surface area contributed by atoms with E-state index in [1.807, 2.05) is 0 Å². The zero-order valence-corrected chi connectivity index (χ0v) is 11.5. The van der Waals surface area contributed by atoms with Crippen LogP contribution in [0.3, 0.4) is 0 Å². The number of anilines is 2. The van der Waals surface area contributed by atoms with Crippen LogP contribution >= 0.6 is 11.6 Å². The molecule has 1 heterocycles. The lowest BCUT2D eigenvalue weighted by molar-refractivity contribution is 0.600. The van der Waals surface area contributed by atoms with Crippen LogP contribution in [0, 0.1) is 6.92 Å². The van der Waals surface area contributed by atoms with Crippen LogP contribution in [0.15, 0.2) is 35.4 Å². The molecule has 3 N–H and O–H groups in total. The quantitative estimate of drug-likeness (QED) is 0.665. The summed E-state index contributed by atoms with van der Waals surface area (Å²) in [6.07, 6.45) is 1.36. The maximum atomic E-state index is 12.2. The van der Waals surface area contributed by atoms with Crippen molar-refractivity contribution >= 4 is 33.3 Å². The Morgan fingerprint density at radius 2 is 2.05 bits per heavy atom. The summed E-state index contributed by atoms with van der Waals surface area (Å²) in [5.74, 6) is -0.0886. The first kappa shape index (κ1) is 13.6. The molecule has 0 fully saturated rings. The minimum absolute atomic E-state index is 0.0797. The Labute approximate surface area is 115 Å². The van der Waals surface area contributed by atoms with Crippen molar-refractivity contribution in [3.63, 3.8) is 0 Å². The van der Waals surface area contributed by atoms with Gasteiger partial charge in [-0.2, -0.15) is 0 Å². The Hall–Kier alpha value is -1.86. The van der Waals surface area contributed by atoms with E-state index in [1.54, 1.807) is 19.1 Å². The Morgan fingerprint density at radius 1 is 1.32 bits per heavy atom. The van der Waals surface area contributed by atoms with Gasteiger partial charge >= 0.3 is 0 Å². The third-order valence-electron chi connectivity index (χ3n) is 2.35. The fourth-order valence-corrected chi connectivity index (χ4v) is 2.84. The van der Waals surface area contributed by atoms with Gasteiger partial charge in [-0.15, -0.1) is 0 Å². The molecule has 0 aliphatic heterocycles. The highest BCUT2D eigenvalue weighted by molar-refractivity contribution is 7.92. The lowest BCUT2D eigenvalue weighted by Gasteiger charge is -2.09. The molecule has 1 aromatic carbocycles. The van der Waals surface area contributed by atoms with Gasteiger partial charge in [0.25, 0.3) is 10.0 Å². The van der Waals surface area contributed by atoms with E-state index in [4.69, 9.17) is 17.3 Å². The smallest absolute Gasteiger partial charge is 0.264 e. The number of aryl methyl sites for hydroxylation is 1.